The summed E-state index contributed by atoms with van der Waals surface area (Å²) in [6, 6.07) is 0.0561. The van der Waals surface area contributed by atoms with Gasteiger partial charge >= 0.3 is 0 Å². The summed E-state index contributed by atoms with van der Waals surface area (Å²) < 4.78 is 0. The third-order valence-corrected chi connectivity index (χ3v) is 4.71. The summed E-state index contributed by atoms with van der Waals surface area (Å²) in [5, 5.41) is 0.577. The van der Waals surface area contributed by atoms with Gasteiger partial charge in [-0.05, 0) is 38.3 Å². The second kappa shape index (κ2) is 10.4. The average Bonchev–Trinajstić information content (AvgIpc) is 2.89. The maximum absolute atomic E-state index is 6.37. The molecular weight excluding hydrogens is 328 g/mol. The topological polar surface area (TPSA) is 29.3 Å². The summed E-state index contributed by atoms with van der Waals surface area (Å²) >= 11 is 6.24. The van der Waals surface area contributed by atoms with Gasteiger partial charge in [-0.2, -0.15) is 0 Å². The smallest absolute Gasteiger partial charge is 0.0662 e. The lowest BCUT2D eigenvalue weighted by Gasteiger charge is -2.29. The molecule has 0 saturated carbocycles. The van der Waals surface area contributed by atoms with Gasteiger partial charge in [0.15, 0.2) is 0 Å². The second-order valence-electron chi connectivity index (χ2n) is 6.62. The molecule has 2 nitrogen and oxygen atoms in total. The molecule has 0 aromatic rings. The van der Waals surface area contributed by atoms with E-state index in [9.17, 15) is 0 Å². The molecule has 0 bridgehead atoms. The molecule has 1 aliphatic heterocycles. The van der Waals surface area contributed by atoms with Gasteiger partial charge in [-0.1, -0.05) is 75.2 Å². The van der Waals surface area contributed by atoms with Crippen molar-refractivity contribution >= 4 is 11.6 Å². The number of allylic oxidation sites excluding steroid dienone is 5. The van der Waals surface area contributed by atoms with Crippen molar-refractivity contribution in [3.05, 3.63) is 70.6 Å². The average molecular weight is 361 g/mol. The van der Waals surface area contributed by atoms with Crippen molar-refractivity contribution in [2.24, 2.45) is 5.73 Å². The van der Waals surface area contributed by atoms with Gasteiger partial charge in [0.1, 0.15) is 0 Å². The van der Waals surface area contributed by atoms with Crippen LogP contribution < -0.4 is 5.73 Å². The van der Waals surface area contributed by atoms with E-state index in [2.05, 4.69) is 70.1 Å². The number of hydrogen-bond donors (Lipinski definition) is 1. The van der Waals surface area contributed by atoms with Crippen molar-refractivity contribution in [2.45, 2.75) is 59.4 Å². The monoisotopic (exact) mass is 360 g/mol. The zero-order valence-corrected chi connectivity index (χ0v) is 17.0. The van der Waals surface area contributed by atoms with E-state index >= 15 is 0 Å². The first-order chi connectivity index (χ1) is 11.8. The van der Waals surface area contributed by atoms with Gasteiger partial charge in [0, 0.05) is 28.5 Å². The minimum absolute atomic E-state index is 0.0561. The molecule has 1 rings (SSSR count). The fraction of sp³-hybridized carbons (Fsp3) is 0.455. The number of halogens is 1. The Labute approximate surface area is 159 Å². The Hall–Kier alpha value is -1.67. The highest BCUT2D eigenvalue weighted by Gasteiger charge is 2.29. The minimum atomic E-state index is 0.0561. The number of nitrogens with two attached hydrogens (primary N) is 1. The van der Waals surface area contributed by atoms with Gasteiger partial charge in [-0.15, -0.1) is 0 Å². The van der Waals surface area contributed by atoms with Crippen LogP contribution in [0.1, 0.15) is 53.4 Å². The number of nitrogens with zero attached hydrogens (tertiary/aromatic N) is 1. The Bertz CT molecular complexity index is 620. The largest absolute Gasteiger partial charge is 0.400 e. The Morgan fingerprint density at radius 2 is 1.96 bits per heavy atom. The Balaban J connectivity index is 2.99. The first kappa shape index (κ1) is 21.4. The van der Waals surface area contributed by atoms with Crippen LogP contribution in [0, 0.1) is 0 Å². The zero-order valence-electron chi connectivity index (χ0n) is 16.2. The van der Waals surface area contributed by atoms with Gasteiger partial charge in [0.05, 0.1) is 6.04 Å². The fourth-order valence-electron chi connectivity index (χ4n) is 2.84. The van der Waals surface area contributed by atoms with Gasteiger partial charge in [0.2, 0.25) is 0 Å². The summed E-state index contributed by atoms with van der Waals surface area (Å²) in [6.07, 6.45) is 12.9. The van der Waals surface area contributed by atoms with Crippen LogP contribution in [0.5, 0.6) is 0 Å². The highest BCUT2D eigenvalue weighted by molar-refractivity contribution is 6.31. The van der Waals surface area contributed by atoms with E-state index in [-0.39, 0.29) is 6.04 Å². The van der Waals surface area contributed by atoms with E-state index in [0.29, 0.717) is 11.6 Å². The van der Waals surface area contributed by atoms with Crippen molar-refractivity contribution in [1.82, 2.24) is 4.90 Å². The van der Waals surface area contributed by atoms with E-state index in [0.717, 1.165) is 48.2 Å². The molecule has 1 heterocycles. The van der Waals surface area contributed by atoms with Gasteiger partial charge in [-0.3, -0.25) is 0 Å². The summed E-state index contributed by atoms with van der Waals surface area (Å²) in [5.41, 5.74) is 11.5. The molecule has 0 aromatic carbocycles. The zero-order chi connectivity index (χ0) is 19.0. The predicted molar refractivity (Wildman–Crippen MR) is 112 cm³/mol. The van der Waals surface area contributed by atoms with E-state index in [1.807, 2.05) is 0 Å². The first-order valence-electron chi connectivity index (χ1n) is 9.17. The van der Waals surface area contributed by atoms with E-state index in [1.54, 1.807) is 0 Å². The molecule has 0 aromatic heterocycles. The molecule has 0 amide bonds. The molecule has 0 aliphatic carbocycles. The van der Waals surface area contributed by atoms with Crippen molar-refractivity contribution in [3.8, 4) is 0 Å². The third-order valence-electron chi connectivity index (χ3n) is 4.48. The van der Waals surface area contributed by atoms with E-state index in [4.69, 9.17) is 17.3 Å². The van der Waals surface area contributed by atoms with Gasteiger partial charge < -0.3 is 10.6 Å². The summed E-state index contributed by atoms with van der Waals surface area (Å²) in [5.74, 6) is 0. The van der Waals surface area contributed by atoms with Crippen molar-refractivity contribution in [1.29, 1.82) is 0 Å². The molecular formula is C22H33ClN2. The number of hydrogen-bond acceptors (Lipinski definition) is 2. The molecule has 1 unspecified atom stereocenters. The third kappa shape index (κ3) is 5.97. The lowest BCUT2D eigenvalue weighted by Crippen LogP contribution is -2.34. The van der Waals surface area contributed by atoms with Crippen LogP contribution in [-0.2, 0) is 0 Å². The lowest BCUT2D eigenvalue weighted by atomic mass is 10.1. The van der Waals surface area contributed by atoms with Crippen LogP contribution >= 0.6 is 11.6 Å². The predicted octanol–water partition coefficient (Wildman–Crippen LogP) is 6.20. The highest BCUT2D eigenvalue weighted by Crippen LogP contribution is 2.35. The summed E-state index contributed by atoms with van der Waals surface area (Å²) in [6.45, 7) is 17.4. The number of unbranched alkanes of at least 4 members (excludes halogenated alkanes) is 2. The van der Waals surface area contributed by atoms with Crippen molar-refractivity contribution in [2.75, 3.05) is 6.54 Å². The van der Waals surface area contributed by atoms with Crippen LogP contribution in [0.2, 0.25) is 0 Å². The van der Waals surface area contributed by atoms with Gasteiger partial charge in [-0.25, -0.2) is 0 Å². The Morgan fingerprint density at radius 3 is 2.52 bits per heavy atom. The standard InChI is InChI=1S/C22H33ClN2/c1-7-9-11-13-20-18(5)25(15-21(20)17(4)23)19(6)22(24)14-16(3)12-10-8-2/h11-14,19H,4-5,7-10,15,24H2,1-3,6H3/b13-11-,16-12+,22-14-. The fourth-order valence-corrected chi connectivity index (χ4v) is 3.00. The summed E-state index contributed by atoms with van der Waals surface area (Å²) in [4.78, 5) is 2.20. The molecule has 3 heteroatoms. The second-order valence-corrected chi connectivity index (χ2v) is 7.08. The Morgan fingerprint density at radius 1 is 1.32 bits per heavy atom. The molecule has 25 heavy (non-hydrogen) atoms. The molecule has 1 atom stereocenters. The molecule has 2 N–H and O–H groups in total. The SMILES string of the molecule is C=C(Cl)C1=C(/C=C\CCC)C(=C)N(C(C)/C(N)=C/C(C)=C/CCC)C1. The van der Waals surface area contributed by atoms with Crippen molar-refractivity contribution < 1.29 is 0 Å². The maximum Gasteiger partial charge on any atom is 0.0662 e. The molecule has 0 saturated heterocycles. The molecule has 0 fully saturated rings. The van der Waals surface area contributed by atoms with Gasteiger partial charge in [0.25, 0.3) is 0 Å². The van der Waals surface area contributed by atoms with Crippen molar-refractivity contribution in [3.63, 3.8) is 0 Å². The minimum Gasteiger partial charge on any atom is -0.400 e. The molecule has 0 spiro atoms. The normalized spacial score (nSPS) is 17.8. The summed E-state index contributed by atoms with van der Waals surface area (Å²) in [7, 11) is 0. The van der Waals surface area contributed by atoms with Crippen LogP contribution in [-0.4, -0.2) is 17.5 Å². The Kier molecular flexibility index (Phi) is 8.85. The maximum atomic E-state index is 6.37. The van der Waals surface area contributed by atoms with E-state index in [1.165, 1.54) is 5.57 Å². The first-order valence-corrected chi connectivity index (χ1v) is 9.55. The highest BCUT2D eigenvalue weighted by atomic mass is 35.5. The molecule has 1 aliphatic rings. The van der Waals surface area contributed by atoms with E-state index < -0.39 is 0 Å². The quantitative estimate of drug-likeness (QED) is 0.496. The molecule has 0 radical (unpaired) electrons. The van der Waals surface area contributed by atoms with Crippen LogP contribution in [0.15, 0.2) is 70.6 Å². The van der Waals surface area contributed by atoms with Crippen LogP contribution in [0.3, 0.4) is 0 Å². The van der Waals surface area contributed by atoms with Crippen LogP contribution in [0.4, 0.5) is 0 Å². The lowest BCUT2D eigenvalue weighted by molar-refractivity contribution is 0.344. The van der Waals surface area contributed by atoms with Crippen LogP contribution in [0.25, 0.3) is 0 Å². The number of rotatable bonds is 9. The molecule has 138 valence electrons.